The van der Waals surface area contributed by atoms with Gasteiger partial charge in [-0.25, -0.2) is 0 Å². The van der Waals surface area contributed by atoms with Crippen molar-refractivity contribution < 1.29 is 15.3 Å². The first-order valence-electron chi connectivity index (χ1n) is 12.9. The second-order valence-corrected chi connectivity index (χ2v) is 12.9. The zero-order chi connectivity index (χ0) is 21.7. The molecule has 0 heterocycles. The third-order valence-corrected chi connectivity index (χ3v) is 11.1. The van der Waals surface area contributed by atoms with E-state index in [9.17, 15) is 15.3 Å². The van der Waals surface area contributed by atoms with E-state index in [0.717, 1.165) is 44.9 Å². The molecule has 0 aromatic rings. The van der Waals surface area contributed by atoms with Gasteiger partial charge in [0.2, 0.25) is 0 Å². The maximum Gasteiger partial charge on any atom is 0.111 e. The molecule has 0 aliphatic heterocycles. The van der Waals surface area contributed by atoms with Crippen LogP contribution in [-0.2, 0) is 0 Å². The molecule has 3 nitrogen and oxygen atoms in total. The lowest BCUT2D eigenvalue weighted by atomic mass is 9.44. The van der Waals surface area contributed by atoms with Crippen LogP contribution in [0.5, 0.6) is 0 Å². The minimum absolute atomic E-state index is 0.138. The standard InChI is InChI=1S/C26H46O3S/c1-4-5-6-7-12-26(29,30)23-9-8-19-18-16-22(28)21-15-17(27)10-13-24(21,2)20(18)11-14-25(19,23)3/h17-23,27-30H,4-16H2,1-3H3/t17-,18-,19-,20-,21+,22-,23-,24+,25-,26+/m0/s1. The van der Waals surface area contributed by atoms with Gasteiger partial charge in [-0.1, -0.05) is 40.0 Å². The predicted octanol–water partition coefficient (Wildman–Crippen LogP) is 5.57. The van der Waals surface area contributed by atoms with Gasteiger partial charge in [0, 0.05) is 5.92 Å². The molecule has 0 saturated heterocycles. The van der Waals surface area contributed by atoms with Crippen molar-refractivity contribution in [2.75, 3.05) is 0 Å². The number of thiol groups is 1. The molecule has 4 aliphatic rings. The fourth-order valence-electron chi connectivity index (χ4n) is 9.02. The van der Waals surface area contributed by atoms with Crippen molar-refractivity contribution in [3.05, 3.63) is 0 Å². The Morgan fingerprint density at radius 1 is 0.867 bits per heavy atom. The normalized spacial score (nSPS) is 50.3. The summed E-state index contributed by atoms with van der Waals surface area (Å²) < 4.78 is 0. The molecule has 30 heavy (non-hydrogen) atoms. The summed E-state index contributed by atoms with van der Waals surface area (Å²) in [4.78, 5) is -0.862. The van der Waals surface area contributed by atoms with Crippen molar-refractivity contribution in [1.29, 1.82) is 0 Å². The lowest BCUT2D eigenvalue weighted by Gasteiger charge is -2.62. The van der Waals surface area contributed by atoms with Crippen LogP contribution in [0.3, 0.4) is 0 Å². The maximum atomic E-state index is 11.4. The summed E-state index contributed by atoms with van der Waals surface area (Å²) in [7, 11) is 0. The van der Waals surface area contributed by atoms with E-state index in [1.807, 2.05) is 0 Å². The van der Waals surface area contributed by atoms with Gasteiger partial charge >= 0.3 is 0 Å². The monoisotopic (exact) mass is 438 g/mol. The molecule has 0 spiro atoms. The minimum Gasteiger partial charge on any atom is -0.393 e. The largest absolute Gasteiger partial charge is 0.393 e. The molecule has 4 aliphatic carbocycles. The van der Waals surface area contributed by atoms with E-state index >= 15 is 0 Å². The van der Waals surface area contributed by atoms with Gasteiger partial charge in [-0.2, -0.15) is 0 Å². The van der Waals surface area contributed by atoms with Crippen LogP contribution in [0, 0.1) is 40.4 Å². The van der Waals surface area contributed by atoms with Gasteiger partial charge in [-0.05, 0) is 98.7 Å². The Balaban J connectivity index is 1.52. The van der Waals surface area contributed by atoms with E-state index in [1.54, 1.807) is 0 Å². The summed E-state index contributed by atoms with van der Waals surface area (Å²) in [5, 5.41) is 32.8. The molecule has 10 atom stereocenters. The average Bonchev–Trinajstić information content (AvgIpc) is 3.05. The number of fused-ring (bicyclic) bond motifs is 5. The quantitative estimate of drug-likeness (QED) is 0.249. The van der Waals surface area contributed by atoms with E-state index in [2.05, 4.69) is 20.8 Å². The third kappa shape index (κ3) is 3.80. The third-order valence-electron chi connectivity index (χ3n) is 10.6. The van der Waals surface area contributed by atoms with Gasteiger partial charge in [0.15, 0.2) is 0 Å². The molecule has 0 aromatic carbocycles. The lowest BCUT2D eigenvalue weighted by molar-refractivity contribution is -0.175. The van der Waals surface area contributed by atoms with E-state index in [4.69, 9.17) is 12.6 Å². The molecule has 0 amide bonds. The van der Waals surface area contributed by atoms with Gasteiger partial charge in [0.1, 0.15) is 4.93 Å². The number of aliphatic hydroxyl groups excluding tert-OH is 2. The lowest BCUT2D eigenvalue weighted by Crippen LogP contribution is -2.59. The highest BCUT2D eigenvalue weighted by Gasteiger charge is 2.63. The highest BCUT2D eigenvalue weighted by atomic mass is 32.1. The van der Waals surface area contributed by atoms with Crippen molar-refractivity contribution in [3.63, 3.8) is 0 Å². The van der Waals surface area contributed by atoms with Gasteiger partial charge in [-0.3, -0.25) is 0 Å². The van der Waals surface area contributed by atoms with Crippen molar-refractivity contribution in [2.45, 2.75) is 121 Å². The zero-order valence-electron chi connectivity index (χ0n) is 19.5. The second-order valence-electron chi connectivity index (χ2n) is 12.1. The molecule has 0 unspecified atom stereocenters. The van der Waals surface area contributed by atoms with Crippen LogP contribution in [0.1, 0.15) is 104 Å². The van der Waals surface area contributed by atoms with Crippen LogP contribution in [0.2, 0.25) is 0 Å². The number of aliphatic hydroxyl groups is 3. The molecule has 174 valence electrons. The SMILES string of the molecule is CCCCCC[C@@](O)(S)[C@H]1CC[C@H]2[C@@H]3C[C@H](O)[C@H]4C[C@@H](O)CC[C@]4(C)[C@H]3CC[C@@]21C. The van der Waals surface area contributed by atoms with Crippen molar-refractivity contribution in [2.24, 2.45) is 40.4 Å². The zero-order valence-corrected chi connectivity index (χ0v) is 20.4. The fourth-order valence-corrected chi connectivity index (χ4v) is 9.61. The summed E-state index contributed by atoms with van der Waals surface area (Å²) >= 11 is 4.87. The maximum absolute atomic E-state index is 11.4. The molecule has 0 bridgehead atoms. The van der Waals surface area contributed by atoms with Crippen molar-refractivity contribution >= 4 is 12.6 Å². The topological polar surface area (TPSA) is 60.7 Å². The number of rotatable bonds is 6. The first-order valence-corrected chi connectivity index (χ1v) is 13.4. The second kappa shape index (κ2) is 8.54. The highest BCUT2D eigenvalue weighted by Crippen LogP contribution is 2.69. The molecule has 0 radical (unpaired) electrons. The average molecular weight is 439 g/mol. The molecule has 0 aromatic heterocycles. The van der Waals surface area contributed by atoms with Crippen molar-refractivity contribution in [1.82, 2.24) is 0 Å². The summed E-state index contributed by atoms with van der Waals surface area (Å²) in [5.41, 5.74) is 0.303. The predicted molar refractivity (Wildman–Crippen MR) is 125 cm³/mol. The van der Waals surface area contributed by atoms with Crippen LogP contribution in [0.4, 0.5) is 0 Å². The van der Waals surface area contributed by atoms with Crippen LogP contribution in [0.25, 0.3) is 0 Å². The van der Waals surface area contributed by atoms with E-state index in [-0.39, 0.29) is 34.9 Å². The molecule has 4 heteroatoms. The summed E-state index contributed by atoms with van der Waals surface area (Å²) in [5.74, 6) is 2.33. The van der Waals surface area contributed by atoms with Crippen LogP contribution < -0.4 is 0 Å². The minimum atomic E-state index is -0.862. The smallest absolute Gasteiger partial charge is 0.111 e. The van der Waals surface area contributed by atoms with E-state index < -0.39 is 4.93 Å². The Bertz CT molecular complexity index is 609. The van der Waals surface area contributed by atoms with Crippen molar-refractivity contribution in [3.8, 4) is 0 Å². The molecular formula is C26H46O3S. The van der Waals surface area contributed by atoms with Gasteiger partial charge in [0.05, 0.1) is 12.2 Å². The molecule has 3 N–H and O–H groups in total. The van der Waals surface area contributed by atoms with Crippen LogP contribution in [0.15, 0.2) is 0 Å². The van der Waals surface area contributed by atoms with E-state index in [1.165, 1.54) is 38.5 Å². The van der Waals surface area contributed by atoms with Gasteiger partial charge in [0.25, 0.3) is 0 Å². The van der Waals surface area contributed by atoms with Gasteiger partial charge in [-0.15, -0.1) is 12.6 Å². The molecule has 4 fully saturated rings. The Kier molecular flexibility index (Phi) is 6.66. The Morgan fingerprint density at radius 2 is 1.57 bits per heavy atom. The van der Waals surface area contributed by atoms with Crippen LogP contribution in [-0.4, -0.2) is 32.5 Å². The Hall–Kier alpha value is 0.230. The fraction of sp³-hybridized carbons (Fsp3) is 1.00. The molecule has 4 rings (SSSR count). The number of unbranched alkanes of at least 4 members (excludes halogenated alkanes) is 3. The number of hydrogen-bond donors (Lipinski definition) is 4. The molecule has 4 saturated carbocycles. The first-order chi connectivity index (χ1) is 14.1. The molecular weight excluding hydrogens is 392 g/mol. The highest BCUT2D eigenvalue weighted by molar-refractivity contribution is 7.81. The van der Waals surface area contributed by atoms with E-state index in [0.29, 0.717) is 17.8 Å². The Labute approximate surface area is 189 Å². The van der Waals surface area contributed by atoms with Gasteiger partial charge < -0.3 is 15.3 Å². The number of hydrogen-bond acceptors (Lipinski definition) is 4. The first kappa shape index (κ1) is 23.4. The summed E-state index contributed by atoms with van der Waals surface area (Å²) in [6.07, 6.45) is 13.3. The summed E-state index contributed by atoms with van der Waals surface area (Å²) in [6.45, 7) is 7.08. The summed E-state index contributed by atoms with van der Waals surface area (Å²) in [6, 6.07) is 0. The Morgan fingerprint density at radius 3 is 2.30 bits per heavy atom. The van der Waals surface area contributed by atoms with Crippen LogP contribution >= 0.6 is 12.6 Å².